The number of hydrogen-bond acceptors (Lipinski definition) is 6. The summed E-state index contributed by atoms with van der Waals surface area (Å²) in [6.45, 7) is 2.23. The van der Waals surface area contributed by atoms with Crippen LogP contribution in [0.5, 0.6) is 11.5 Å². The fourth-order valence-electron chi connectivity index (χ4n) is 3.99. The second kappa shape index (κ2) is 7.77. The average molecular weight is 436 g/mol. The molecule has 2 aliphatic rings. The van der Waals surface area contributed by atoms with Gasteiger partial charge in [-0.05, 0) is 35.7 Å². The topological polar surface area (TPSA) is 82.5 Å². The fraction of sp³-hybridized carbons (Fsp3) is 0.261. The Hall–Kier alpha value is -3.26. The smallest absolute Gasteiger partial charge is 0.279 e. The van der Waals surface area contributed by atoms with Crippen molar-refractivity contribution >= 4 is 23.5 Å². The normalized spacial score (nSPS) is 16.7. The minimum Gasteiger partial charge on any atom is -0.454 e. The molecule has 1 aromatic heterocycles. The fourth-order valence-corrected chi connectivity index (χ4v) is 5.03. The highest BCUT2D eigenvalue weighted by atomic mass is 32.2. The second-order valence-corrected chi connectivity index (χ2v) is 8.60. The largest absolute Gasteiger partial charge is 0.454 e. The molecular weight excluding hydrogens is 414 g/mol. The molecule has 0 radical (unpaired) electrons. The van der Waals surface area contributed by atoms with Crippen LogP contribution in [0.1, 0.15) is 34.6 Å². The zero-order valence-corrected chi connectivity index (χ0v) is 18.0. The Kier molecular flexibility index (Phi) is 4.94. The molecule has 2 aromatic carbocycles. The second-order valence-electron chi connectivity index (χ2n) is 7.65. The van der Waals surface area contributed by atoms with Gasteiger partial charge in [0.2, 0.25) is 12.7 Å². The van der Waals surface area contributed by atoms with E-state index in [2.05, 4.69) is 29.4 Å². The Balaban J connectivity index is 1.52. The summed E-state index contributed by atoms with van der Waals surface area (Å²) in [4.78, 5) is 30.0. The molecule has 1 amide bonds. The summed E-state index contributed by atoms with van der Waals surface area (Å²) in [5.41, 5.74) is 3.39. The lowest BCUT2D eigenvalue weighted by Gasteiger charge is -2.27. The zero-order chi connectivity index (χ0) is 21.5. The van der Waals surface area contributed by atoms with Crippen molar-refractivity contribution in [3.8, 4) is 11.5 Å². The van der Waals surface area contributed by atoms with Gasteiger partial charge in [0.1, 0.15) is 5.82 Å². The molecule has 5 rings (SSSR count). The summed E-state index contributed by atoms with van der Waals surface area (Å²) in [6.07, 6.45) is 0.180. The minimum atomic E-state index is -0.389. The number of anilines is 1. The highest BCUT2D eigenvalue weighted by Crippen LogP contribution is 2.40. The van der Waals surface area contributed by atoms with Crippen LogP contribution in [-0.2, 0) is 17.6 Å². The Morgan fingerprint density at radius 3 is 2.81 bits per heavy atom. The highest BCUT2D eigenvalue weighted by Gasteiger charge is 2.33. The summed E-state index contributed by atoms with van der Waals surface area (Å²) in [5.74, 6) is 1.96. The molecule has 3 aromatic rings. The first kappa shape index (κ1) is 19.7. The van der Waals surface area contributed by atoms with Crippen molar-refractivity contribution < 1.29 is 14.3 Å². The number of rotatable bonds is 4. The lowest BCUT2D eigenvalue weighted by molar-refractivity contribution is -0.116. The molecule has 0 bridgehead atoms. The summed E-state index contributed by atoms with van der Waals surface area (Å²) >= 11 is 1.48. The molecule has 3 heterocycles. The molecule has 2 aliphatic heterocycles. The molecule has 1 N–H and O–H groups in total. The van der Waals surface area contributed by atoms with Crippen LogP contribution in [0, 0.1) is 6.92 Å². The molecule has 7 nitrogen and oxygen atoms in total. The first-order valence-electron chi connectivity index (χ1n) is 9.99. The molecule has 0 aliphatic carbocycles. The van der Waals surface area contributed by atoms with Gasteiger partial charge in [0.15, 0.2) is 16.7 Å². The van der Waals surface area contributed by atoms with Crippen LogP contribution in [0.15, 0.2) is 52.4 Å². The van der Waals surface area contributed by atoms with Gasteiger partial charge in [-0.15, -0.1) is 0 Å². The van der Waals surface area contributed by atoms with E-state index in [1.54, 1.807) is 4.57 Å². The number of thioether (sulfide) groups is 1. The highest BCUT2D eigenvalue weighted by molar-refractivity contribution is 7.98. The van der Waals surface area contributed by atoms with Gasteiger partial charge >= 0.3 is 0 Å². The van der Waals surface area contributed by atoms with Crippen LogP contribution in [0.2, 0.25) is 0 Å². The summed E-state index contributed by atoms with van der Waals surface area (Å²) < 4.78 is 12.7. The number of nitrogens with zero attached hydrogens (tertiary/aromatic N) is 2. The van der Waals surface area contributed by atoms with Crippen molar-refractivity contribution in [2.75, 3.05) is 12.1 Å². The van der Waals surface area contributed by atoms with Crippen molar-refractivity contribution in [2.45, 2.75) is 30.2 Å². The molecule has 1 atom stereocenters. The van der Waals surface area contributed by atoms with Crippen LogP contribution in [0.4, 0.5) is 5.82 Å². The maximum absolute atomic E-state index is 13.1. The first-order valence-corrected chi connectivity index (χ1v) is 11.0. The van der Waals surface area contributed by atoms with E-state index in [0.29, 0.717) is 33.8 Å². The summed E-state index contributed by atoms with van der Waals surface area (Å²) in [5, 5.41) is 3.45. The van der Waals surface area contributed by atoms with Crippen molar-refractivity contribution in [2.24, 2.45) is 7.05 Å². The van der Waals surface area contributed by atoms with Gasteiger partial charge in [-0.2, -0.15) is 4.98 Å². The predicted molar refractivity (Wildman–Crippen MR) is 118 cm³/mol. The Labute approximate surface area is 183 Å². The number of carbonyl (C=O) groups excluding carboxylic acids is 1. The number of nitrogens with one attached hydrogen (secondary N) is 1. The van der Waals surface area contributed by atoms with E-state index in [1.165, 1.54) is 22.9 Å². The van der Waals surface area contributed by atoms with E-state index in [0.717, 1.165) is 5.56 Å². The number of ether oxygens (including phenoxy) is 2. The molecular formula is C23H21N3O4S. The molecule has 0 saturated carbocycles. The number of fused-ring (bicyclic) bond motifs is 2. The van der Waals surface area contributed by atoms with Crippen LogP contribution >= 0.6 is 11.8 Å². The lowest BCUT2D eigenvalue weighted by atomic mass is 9.86. The van der Waals surface area contributed by atoms with Gasteiger partial charge in [0, 0.05) is 25.1 Å². The van der Waals surface area contributed by atoms with Crippen LogP contribution in [0.3, 0.4) is 0 Å². The number of amides is 1. The van der Waals surface area contributed by atoms with Gasteiger partial charge in [0.25, 0.3) is 5.56 Å². The van der Waals surface area contributed by atoms with Gasteiger partial charge in [-0.1, -0.05) is 42.1 Å². The third-order valence-electron chi connectivity index (χ3n) is 5.72. The Bertz CT molecular complexity index is 1250. The van der Waals surface area contributed by atoms with Crippen molar-refractivity contribution in [1.82, 2.24) is 9.55 Å². The van der Waals surface area contributed by atoms with E-state index in [9.17, 15) is 9.59 Å². The summed E-state index contributed by atoms with van der Waals surface area (Å²) in [6, 6.07) is 13.7. The predicted octanol–water partition coefficient (Wildman–Crippen LogP) is 3.58. The Morgan fingerprint density at radius 1 is 1.16 bits per heavy atom. The minimum absolute atomic E-state index is 0.133. The molecule has 1 unspecified atom stereocenters. The van der Waals surface area contributed by atoms with Gasteiger partial charge in [-0.25, -0.2) is 0 Å². The maximum Gasteiger partial charge on any atom is 0.279 e. The molecule has 0 fully saturated rings. The lowest BCUT2D eigenvalue weighted by Crippen LogP contribution is -2.33. The first-order chi connectivity index (χ1) is 15.0. The van der Waals surface area contributed by atoms with Gasteiger partial charge < -0.3 is 19.4 Å². The number of benzene rings is 2. The van der Waals surface area contributed by atoms with Gasteiger partial charge in [0.05, 0.1) is 5.56 Å². The van der Waals surface area contributed by atoms with E-state index in [-0.39, 0.29) is 30.6 Å². The number of aryl methyl sites for hydroxylation is 1. The van der Waals surface area contributed by atoms with Crippen molar-refractivity contribution in [3.05, 3.63) is 75.1 Å². The van der Waals surface area contributed by atoms with Crippen LogP contribution in [-0.4, -0.2) is 22.3 Å². The zero-order valence-electron chi connectivity index (χ0n) is 17.2. The van der Waals surface area contributed by atoms with Crippen molar-refractivity contribution in [1.29, 1.82) is 0 Å². The third kappa shape index (κ3) is 3.57. The van der Waals surface area contributed by atoms with E-state index in [1.807, 2.05) is 37.4 Å². The standard InChI is InChI=1S/C23H21N3O4S/c1-13-5-3-4-6-15(13)11-31-23-25-22(28)20-16(10-19(27)24-21(20)26(23)2)14-7-8-17-18(9-14)30-12-29-17/h3-9,16H,10-12H2,1-2H3,(H,24,27). The molecule has 0 spiro atoms. The number of hydrogen-bond donors (Lipinski definition) is 1. The molecule has 158 valence electrons. The van der Waals surface area contributed by atoms with Crippen LogP contribution < -0.4 is 20.3 Å². The average Bonchev–Trinajstić information content (AvgIpc) is 3.23. The molecule has 0 saturated heterocycles. The summed E-state index contributed by atoms with van der Waals surface area (Å²) in [7, 11) is 1.83. The van der Waals surface area contributed by atoms with E-state index in [4.69, 9.17) is 9.47 Å². The monoisotopic (exact) mass is 435 g/mol. The van der Waals surface area contributed by atoms with Crippen LogP contribution in [0.25, 0.3) is 0 Å². The number of aromatic nitrogens is 2. The quantitative estimate of drug-likeness (QED) is 0.498. The molecule has 31 heavy (non-hydrogen) atoms. The SMILES string of the molecule is Cc1ccccc1CSc1nc(=O)c2c(n1C)NC(=O)CC2c1ccc2c(c1)OCO2. The number of carbonyl (C=O) groups is 1. The third-order valence-corrected chi connectivity index (χ3v) is 6.80. The Morgan fingerprint density at radius 2 is 1.97 bits per heavy atom. The molecule has 8 heteroatoms. The van der Waals surface area contributed by atoms with Crippen molar-refractivity contribution in [3.63, 3.8) is 0 Å². The van der Waals surface area contributed by atoms with E-state index < -0.39 is 0 Å². The van der Waals surface area contributed by atoms with E-state index >= 15 is 0 Å². The van der Waals surface area contributed by atoms with Gasteiger partial charge in [-0.3, -0.25) is 9.59 Å². The maximum atomic E-state index is 13.1.